The van der Waals surface area contributed by atoms with Gasteiger partial charge >= 0.3 is 0 Å². The molecule has 2 rings (SSSR count). The van der Waals surface area contributed by atoms with Gasteiger partial charge in [-0.2, -0.15) is 0 Å². The van der Waals surface area contributed by atoms with Gasteiger partial charge in [0, 0.05) is 9.90 Å². The Bertz CT molecular complexity index is 457. The number of rotatable bonds is 1. The Hall–Kier alpha value is -0.790. The standard InChI is InChI=1S/C12H11ClS/c1-8-5-6-14-12(8)11-4-3-10(13)7-9(11)2/h3-7H,1-2H3. The highest BCUT2D eigenvalue weighted by Crippen LogP contribution is 2.32. The highest BCUT2D eigenvalue weighted by molar-refractivity contribution is 7.13. The van der Waals surface area contributed by atoms with Gasteiger partial charge in [0.05, 0.1) is 0 Å². The third-order valence-electron chi connectivity index (χ3n) is 2.30. The van der Waals surface area contributed by atoms with Gasteiger partial charge in [-0.25, -0.2) is 0 Å². The van der Waals surface area contributed by atoms with Gasteiger partial charge in [0.25, 0.3) is 0 Å². The van der Waals surface area contributed by atoms with Gasteiger partial charge in [-0.1, -0.05) is 17.7 Å². The highest BCUT2D eigenvalue weighted by atomic mass is 35.5. The molecular weight excluding hydrogens is 212 g/mol. The Kier molecular flexibility index (Phi) is 2.62. The largest absolute Gasteiger partial charge is 0.144 e. The molecule has 72 valence electrons. The minimum Gasteiger partial charge on any atom is -0.144 e. The zero-order chi connectivity index (χ0) is 10.1. The predicted molar refractivity (Wildman–Crippen MR) is 64.2 cm³/mol. The molecule has 1 aromatic heterocycles. The summed E-state index contributed by atoms with van der Waals surface area (Å²) in [6, 6.07) is 8.20. The second-order valence-electron chi connectivity index (χ2n) is 3.39. The molecule has 0 aliphatic carbocycles. The van der Waals surface area contributed by atoms with Crippen LogP contribution >= 0.6 is 22.9 Å². The van der Waals surface area contributed by atoms with E-state index in [0.29, 0.717) is 0 Å². The monoisotopic (exact) mass is 222 g/mol. The minimum absolute atomic E-state index is 0.806. The van der Waals surface area contributed by atoms with Crippen LogP contribution in [-0.4, -0.2) is 0 Å². The highest BCUT2D eigenvalue weighted by Gasteiger charge is 2.06. The summed E-state index contributed by atoms with van der Waals surface area (Å²) in [6.07, 6.45) is 0. The van der Waals surface area contributed by atoms with E-state index in [2.05, 4.69) is 31.4 Å². The first-order valence-corrected chi connectivity index (χ1v) is 5.75. The fourth-order valence-electron chi connectivity index (χ4n) is 1.53. The first-order valence-electron chi connectivity index (χ1n) is 4.49. The molecule has 2 heteroatoms. The molecule has 1 heterocycles. The van der Waals surface area contributed by atoms with E-state index < -0.39 is 0 Å². The lowest BCUT2D eigenvalue weighted by atomic mass is 10.1. The molecule has 0 radical (unpaired) electrons. The zero-order valence-corrected chi connectivity index (χ0v) is 9.75. The van der Waals surface area contributed by atoms with Crippen LogP contribution in [-0.2, 0) is 0 Å². The first kappa shape index (κ1) is 9.75. The number of hydrogen-bond acceptors (Lipinski definition) is 1. The summed E-state index contributed by atoms with van der Waals surface area (Å²) in [5, 5.41) is 2.93. The summed E-state index contributed by atoms with van der Waals surface area (Å²) in [5.41, 5.74) is 3.87. The van der Waals surface area contributed by atoms with Gasteiger partial charge in [0.15, 0.2) is 0 Å². The average Bonchev–Trinajstić information content (AvgIpc) is 2.52. The van der Waals surface area contributed by atoms with Gasteiger partial charge < -0.3 is 0 Å². The minimum atomic E-state index is 0.806. The SMILES string of the molecule is Cc1cc(Cl)ccc1-c1sccc1C. The first-order chi connectivity index (χ1) is 6.68. The van der Waals surface area contributed by atoms with Crippen LogP contribution in [0.1, 0.15) is 11.1 Å². The van der Waals surface area contributed by atoms with Crippen LogP contribution in [0.5, 0.6) is 0 Å². The molecule has 0 amide bonds. The summed E-state index contributed by atoms with van der Waals surface area (Å²) in [5.74, 6) is 0. The molecule has 0 nitrogen and oxygen atoms in total. The predicted octanol–water partition coefficient (Wildman–Crippen LogP) is 4.69. The summed E-state index contributed by atoms with van der Waals surface area (Å²) < 4.78 is 0. The van der Waals surface area contributed by atoms with Crippen LogP contribution in [0.3, 0.4) is 0 Å². The second-order valence-corrected chi connectivity index (χ2v) is 4.74. The second kappa shape index (κ2) is 3.76. The maximum atomic E-state index is 5.92. The lowest BCUT2D eigenvalue weighted by Gasteiger charge is -2.04. The lowest BCUT2D eigenvalue weighted by Crippen LogP contribution is -1.81. The molecule has 0 saturated heterocycles. The van der Waals surface area contributed by atoms with E-state index in [1.807, 2.05) is 12.1 Å². The van der Waals surface area contributed by atoms with Gasteiger partial charge in [-0.3, -0.25) is 0 Å². The van der Waals surface area contributed by atoms with E-state index in [1.165, 1.54) is 21.6 Å². The molecule has 0 saturated carbocycles. The van der Waals surface area contributed by atoms with Gasteiger partial charge in [0.2, 0.25) is 0 Å². The fourth-order valence-corrected chi connectivity index (χ4v) is 2.78. The van der Waals surface area contributed by atoms with Crippen LogP contribution in [0.2, 0.25) is 5.02 Å². The van der Waals surface area contributed by atoms with Crippen molar-refractivity contribution in [2.75, 3.05) is 0 Å². The molecule has 0 spiro atoms. The zero-order valence-electron chi connectivity index (χ0n) is 8.17. The molecular formula is C12H11ClS. The molecule has 2 aromatic rings. The van der Waals surface area contributed by atoms with Gasteiger partial charge in [-0.15, -0.1) is 11.3 Å². The average molecular weight is 223 g/mol. The summed E-state index contributed by atoms with van der Waals surface area (Å²) >= 11 is 7.70. The van der Waals surface area contributed by atoms with Crippen molar-refractivity contribution in [3.63, 3.8) is 0 Å². The third kappa shape index (κ3) is 1.70. The van der Waals surface area contributed by atoms with E-state index in [0.717, 1.165) is 5.02 Å². The van der Waals surface area contributed by atoms with E-state index in [1.54, 1.807) is 11.3 Å². The lowest BCUT2D eigenvalue weighted by molar-refractivity contribution is 1.45. The summed E-state index contributed by atoms with van der Waals surface area (Å²) in [6.45, 7) is 4.24. The van der Waals surface area contributed by atoms with Crippen LogP contribution in [0, 0.1) is 13.8 Å². The fraction of sp³-hybridized carbons (Fsp3) is 0.167. The van der Waals surface area contributed by atoms with Crippen molar-refractivity contribution in [3.05, 3.63) is 45.8 Å². The Balaban J connectivity index is 2.58. The van der Waals surface area contributed by atoms with Crippen LogP contribution in [0.4, 0.5) is 0 Å². The maximum Gasteiger partial charge on any atom is 0.0409 e. The van der Waals surface area contributed by atoms with E-state index in [4.69, 9.17) is 11.6 Å². The number of halogens is 1. The molecule has 0 fully saturated rings. The molecule has 0 aliphatic rings. The number of thiophene rings is 1. The van der Waals surface area contributed by atoms with E-state index >= 15 is 0 Å². The molecule has 0 atom stereocenters. The smallest absolute Gasteiger partial charge is 0.0409 e. The summed E-state index contributed by atoms with van der Waals surface area (Å²) in [4.78, 5) is 1.35. The van der Waals surface area contributed by atoms with Crippen molar-refractivity contribution in [2.24, 2.45) is 0 Å². The van der Waals surface area contributed by atoms with Gasteiger partial charge in [0.1, 0.15) is 0 Å². The van der Waals surface area contributed by atoms with Crippen LogP contribution < -0.4 is 0 Å². The molecule has 0 aliphatic heterocycles. The molecule has 14 heavy (non-hydrogen) atoms. The van der Waals surface area contributed by atoms with Crippen molar-refractivity contribution < 1.29 is 0 Å². The van der Waals surface area contributed by atoms with Crippen molar-refractivity contribution in [1.29, 1.82) is 0 Å². The Morgan fingerprint density at radius 3 is 2.43 bits per heavy atom. The van der Waals surface area contributed by atoms with E-state index in [9.17, 15) is 0 Å². The molecule has 1 aromatic carbocycles. The van der Waals surface area contributed by atoms with Crippen molar-refractivity contribution >= 4 is 22.9 Å². The van der Waals surface area contributed by atoms with Crippen LogP contribution in [0.15, 0.2) is 29.6 Å². The van der Waals surface area contributed by atoms with Crippen molar-refractivity contribution in [2.45, 2.75) is 13.8 Å². The normalized spacial score (nSPS) is 10.5. The Labute approximate surface area is 93.2 Å². The van der Waals surface area contributed by atoms with Crippen molar-refractivity contribution in [1.82, 2.24) is 0 Å². The molecule has 0 unspecified atom stereocenters. The Morgan fingerprint density at radius 2 is 1.86 bits per heavy atom. The quantitative estimate of drug-likeness (QED) is 0.657. The number of aryl methyl sites for hydroxylation is 2. The molecule has 0 bridgehead atoms. The number of benzene rings is 1. The molecule has 0 N–H and O–H groups in total. The van der Waals surface area contributed by atoms with Crippen LogP contribution in [0.25, 0.3) is 10.4 Å². The third-order valence-corrected chi connectivity index (χ3v) is 3.58. The van der Waals surface area contributed by atoms with Crippen molar-refractivity contribution in [3.8, 4) is 10.4 Å². The van der Waals surface area contributed by atoms with E-state index in [-0.39, 0.29) is 0 Å². The number of hydrogen-bond donors (Lipinski definition) is 0. The van der Waals surface area contributed by atoms with Gasteiger partial charge in [-0.05, 0) is 54.1 Å². The topological polar surface area (TPSA) is 0 Å². The summed E-state index contributed by atoms with van der Waals surface area (Å²) in [7, 11) is 0. The Morgan fingerprint density at radius 1 is 1.07 bits per heavy atom. The maximum absolute atomic E-state index is 5.92.